The van der Waals surface area contributed by atoms with E-state index in [0.29, 0.717) is 0 Å². The van der Waals surface area contributed by atoms with E-state index in [9.17, 15) is 18.8 Å². The minimum absolute atomic E-state index is 0.0441. The Balaban J connectivity index is 1.81. The van der Waals surface area contributed by atoms with Crippen molar-refractivity contribution in [2.45, 2.75) is 26.4 Å². The molecule has 0 aliphatic carbocycles. The second-order valence-electron chi connectivity index (χ2n) is 8.01. The Labute approximate surface area is 195 Å². The van der Waals surface area contributed by atoms with Crippen molar-refractivity contribution < 1.29 is 9.18 Å². The molecule has 1 atom stereocenters. The third-order valence-electron chi connectivity index (χ3n) is 5.42. The molecule has 8 heteroatoms. The smallest absolute Gasteiger partial charge is 0.344 e. The number of nitrogens with zero attached hydrogens (tertiary/aromatic N) is 3. The molecule has 0 fully saturated rings. The van der Waals surface area contributed by atoms with Crippen molar-refractivity contribution in [1.29, 1.82) is 0 Å². The lowest BCUT2D eigenvalue weighted by atomic mass is 10.1. The van der Waals surface area contributed by atoms with Crippen LogP contribution >= 0.6 is 0 Å². The van der Waals surface area contributed by atoms with Gasteiger partial charge in [0.05, 0.1) is 18.3 Å². The monoisotopic (exact) mass is 458 g/mol. The number of hydrogen-bond donors (Lipinski definition) is 1. The van der Waals surface area contributed by atoms with Gasteiger partial charge in [-0.25, -0.2) is 9.18 Å². The van der Waals surface area contributed by atoms with Gasteiger partial charge in [0.25, 0.3) is 11.5 Å². The Morgan fingerprint density at radius 3 is 2.38 bits per heavy atom. The summed E-state index contributed by atoms with van der Waals surface area (Å²) in [4.78, 5) is 39.6. The van der Waals surface area contributed by atoms with E-state index in [0.717, 1.165) is 25.9 Å². The summed E-state index contributed by atoms with van der Waals surface area (Å²) in [5.74, 6) is -1.20. The summed E-state index contributed by atoms with van der Waals surface area (Å²) in [6, 6.07) is 21.3. The van der Waals surface area contributed by atoms with Crippen LogP contribution in [0.1, 0.15) is 40.1 Å². The number of aryl methyl sites for hydroxylation is 1. The van der Waals surface area contributed by atoms with Gasteiger partial charge in [-0.05, 0) is 49.2 Å². The average molecular weight is 458 g/mol. The topological polar surface area (TPSA) is 86.0 Å². The van der Waals surface area contributed by atoms with Crippen molar-refractivity contribution in [2.24, 2.45) is 0 Å². The van der Waals surface area contributed by atoms with Crippen LogP contribution in [0.15, 0.2) is 88.5 Å². The fourth-order valence-corrected chi connectivity index (χ4v) is 3.63. The van der Waals surface area contributed by atoms with E-state index < -0.39 is 34.7 Å². The lowest BCUT2D eigenvalue weighted by Gasteiger charge is -2.16. The highest BCUT2D eigenvalue weighted by Crippen LogP contribution is 2.12. The second-order valence-corrected chi connectivity index (χ2v) is 8.01. The molecule has 0 spiro atoms. The van der Waals surface area contributed by atoms with E-state index in [-0.39, 0.29) is 12.2 Å². The Hall–Kier alpha value is -4.33. The van der Waals surface area contributed by atoms with Crippen LogP contribution in [0.25, 0.3) is 5.69 Å². The van der Waals surface area contributed by atoms with E-state index in [1.807, 2.05) is 55.5 Å². The number of aromatic nitrogens is 3. The van der Waals surface area contributed by atoms with Gasteiger partial charge in [0.2, 0.25) is 5.69 Å². The maximum absolute atomic E-state index is 13.5. The van der Waals surface area contributed by atoms with Crippen LogP contribution in [-0.4, -0.2) is 20.3 Å². The minimum atomic E-state index is -0.803. The van der Waals surface area contributed by atoms with Gasteiger partial charge in [0.15, 0.2) is 0 Å². The highest BCUT2D eigenvalue weighted by molar-refractivity contribution is 5.92. The van der Waals surface area contributed by atoms with Crippen LogP contribution in [0.4, 0.5) is 4.39 Å². The van der Waals surface area contributed by atoms with Crippen LogP contribution < -0.4 is 16.6 Å². The number of nitrogens with one attached hydrogen (secondary N) is 1. The first kappa shape index (κ1) is 22.8. The largest absolute Gasteiger partial charge is 0.352 e. The zero-order valence-electron chi connectivity index (χ0n) is 18.7. The summed E-state index contributed by atoms with van der Waals surface area (Å²) in [7, 11) is 0. The SMILES string of the molecule is Cc1cccc(Cn2c(=O)c(C(=O)N[C@@H](C)c3ccccc3)nn(-c3ccc(F)cc3)c2=O)c1. The third-order valence-corrected chi connectivity index (χ3v) is 5.42. The molecule has 7 nitrogen and oxygen atoms in total. The van der Waals surface area contributed by atoms with Crippen LogP contribution in [-0.2, 0) is 6.54 Å². The predicted molar refractivity (Wildman–Crippen MR) is 127 cm³/mol. The molecular formula is C26H23FN4O3. The summed E-state index contributed by atoms with van der Waals surface area (Å²) in [6.07, 6.45) is 0. The lowest BCUT2D eigenvalue weighted by Crippen LogP contribution is -2.46. The number of carbonyl (C=O) groups is 1. The van der Waals surface area contributed by atoms with Gasteiger partial charge in [-0.2, -0.15) is 9.78 Å². The Bertz CT molecular complexity index is 1440. The number of benzene rings is 3. The molecule has 0 bridgehead atoms. The molecule has 0 radical (unpaired) electrons. The van der Waals surface area contributed by atoms with Crippen molar-refractivity contribution in [3.05, 3.63) is 128 Å². The van der Waals surface area contributed by atoms with Crippen molar-refractivity contribution >= 4 is 5.91 Å². The first-order valence-electron chi connectivity index (χ1n) is 10.7. The molecule has 1 heterocycles. The van der Waals surface area contributed by atoms with E-state index >= 15 is 0 Å². The molecule has 0 aliphatic heterocycles. The maximum atomic E-state index is 13.5. The fourth-order valence-electron chi connectivity index (χ4n) is 3.63. The molecule has 4 rings (SSSR count). The molecule has 0 unspecified atom stereocenters. The van der Waals surface area contributed by atoms with E-state index in [1.54, 1.807) is 13.0 Å². The van der Waals surface area contributed by atoms with E-state index in [4.69, 9.17) is 0 Å². The van der Waals surface area contributed by atoms with Gasteiger partial charge in [-0.15, -0.1) is 0 Å². The molecule has 172 valence electrons. The summed E-state index contributed by atoms with van der Waals surface area (Å²) >= 11 is 0. The highest BCUT2D eigenvalue weighted by Gasteiger charge is 2.22. The maximum Gasteiger partial charge on any atom is 0.352 e. The number of hydrogen-bond acceptors (Lipinski definition) is 4. The lowest BCUT2D eigenvalue weighted by molar-refractivity contribution is 0.0930. The minimum Gasteiger partial charge on any atom is -0.344 e. The first-order chi connectivity index (χ1) is 16.3. The predicted octanol–water partition coefficient (Wildman–Crippen LogP) is 3.38. The average Bonchev–Trinajstić information content (AvgIpc) is 2.83. The van der Waals surface area contributed by atoms with Gasteiger partial charge in [0.1, 0.15) is 5.82 Å². The van der Waals surface area contributed by atoms with Crippen LogP contribution in [0.3, 0.4) is 0 Å². The normalized spacial score (nSPS) is 11.7. The number of rotatable bonds is 6. The molecule has 1 aromatic heterocycles. The molecule has 1 amide bonds. The summed E-state index contributed by atoms with van der Waals surface area (Å²) in [6.45, 7) is 3.64. The Kier molecular flexibility index (Phi) is 6.49. The number of halogens is 1. The zero-order chi connectivity index (χ0) is 24.2. The number of amides is 1. The molecule has 3 aromatic carbocycles. The fraction of sp³-hybridized carbons (Fsp3) is 0.154. The van der Waals surface area contributed by atoms with Crippen LogP contribution in [0.5, 0.6) is 0 Å². The van der Waals surface area contributed by atoms with Crippen LogP contribution in [0.2, 0.25) is 0 Å². The van der Waals surface area contributed by atoms with Crippen molar-refractivity contribution in [2.75, 3.05) is 0 Å². The second kappa shape index (κ2) is 9.66. The number of carbonyl (C=O) groups excluding carboxylic acids is 1. The molecule has 4 aromatic rings. The molecule has 34 heavy (non-hydrogen) atoms. The molecular weight excluding hydrogens is 435 g/mol. The van der Waals surface area contributed by atoms with E-state index in [1.165, 1.54) is 24.3 Å². The molecule has 1 N–H and O–H groups in total. The van der Waals surface area contributed by atoms with Gasteiger partial charge in [0, 0.05) is 0 Å². The quantitative estimate of drug-likeness (QED) is 0.480. The summed E-state index contributed by atoms with van der Waals surface area (Å²) < 4.78 is 15.4. The van der Waals surface area contributed by atoms with Crippen molar-refractivity contribution in [3.8, 4) is 5.69 Å². The van der Waals surface area contributed by atoms with Gasteiger partial charge < -0.3 is 5.32 Å². The molecule has 0 saturated carbocycles. The summed E-state index contributed by atoms with van der Waals surface area (Å²) in [5.41, 5.74) is 0.804. The molecule has 0 aliphatic rings. The zero-order valence-corrected chi connectivity index (χ0v) is 18.7. The standard InChI is InChI=1S/C26H23FN4O3/c1-17-7-6-8-19(15-17)16-30-25(33)23(24(32)28-18(2)20-9-4-3-5-10-20)29-31(26(30)34)22-13-11-21(27)12-14-22/h3-15,18H,16H2,1-2H3,(H,28,32)/t18-/m0/s1. The van der Waals surface area contributed by atoms with Gasteiger partial charge in [-0.1, -0.05) is 60.2 Å². The highest BCUT2D eigenvalue weighted by atomic mass is 19.1. The van der Waals surface area contributed by atoms with Crippen molar-refractivity contribution in [1.82, 2.24) is 19.7 Å². The first-order valence-corrected chi connectivity index (χ1v) is 10.7. The Morgan fingerprint density at radius 1 is 1.00 bits per heavy atom. The van der Waals surface area contributed by atoms with E-state index in [2.05, 4.69) is 10.4 Å². The Morgan fingerprint density at radius 2 is 1.71 bits per heavy atom. The molecule has 0 saturated heterocycles. The van der Waals surface area contributed by atoms with Crippen molar-refractivity contribution in [3.63, 3.8) is 0 Å². The van der Waals surface area contributed by atoms with Crippen LogP contribution in [0, 0.1) is 12.7 Å². The third kappa shape index (κ3) is 4.85. The van der Waals surface area contributed by atoms with Gasteiger partial charge in [-0.3, -0.25) is 14.2 Å². The summed E-state index contributed by atoms with van der Waals surface area (Å²) in [5, 5.41) is 6.85. The van der Waals surface area contributed by atoms with Gasteiger partial charge >= 0.3 is 5.69 Å².